The molecule has 1 aromatic heterocycles. The molecule has 0 bridgehead atoms. The number of aromatic nitrogens is 1. The molecule has 0 N–H and O–H groups in total. The summed E-state index contributed by atoms with van der Waals surface area (Å²) in [5.41, 5.74) is 2.83. The summed E-state index contributed by atoms with van der Waals surface area (Å²) in [5.74, 6) is -1.33. The van der Waals surface area contributed by atoms with Crippen LogP contribution in [0, 0.1) is 30.4 Å². The zero-order valence-electron chi connectivity index (χ0n) is 18.5. The van der Waals surface area contributed by atoms with Crippen LogP contribution in [-0.2, 0) is 26.6 Å². The van der Waals surface area contributed by atoms with Crippen molar-refractivity contribution < 1.29 is 29.8 Å². The summed E-state index contributed by atoms with van der Waals surface area (Å²) in [5, 5.41) is 0. The average molecular weight is 615 g/mol. The molecule has 1 aliphatic rings. The largest absolute Gasteiger partial charge is 0.528 e. The standard InChI is InChI=1S/C25H25F2N4.Pt/c1-25(2,31-13-12-30(17-31)19-8-6-5-7-9-19)24-16-20(29(3)4)15-23(28-24)21-11-10-18(26)14-22(21)27;/h5-8,10,14-17H,12-13H2,1-4H3;/q-3;. The van der Waals surface area contributed by atoms with Gasteiger partial charge in [0.1, 0.15) is 0 Å². The number of hydrogen-bond acceptors (Lipinski definition) is 4. The number of hydrogen-bond donors (Lipinski definition) is 0. The first-order chi connectivity index (χ1) is 14.8. The van der Waals surface area contributed by atoms with Gasteiger partial charge in [-0.1, -0.05) is 17.7 Å². The molecule has 0 spiro atoms. The smallest absolute Gasteiger partial charge is 0.0491 e. The van der Waals surface area contributed by atoms with E-state index in [1.165, 1.54) is 0 Å². The van der Waals surface area contributed by atoms with Gasteiger partial charge in [-0.25, -0.2) is 0 Å². The Morgan fingerprint density at radius 2 is 1.88 bits per heavy atom. The zero-order valence-corrected chi connectivity index (χ0v) is 20.7. The second-order valence-electron chi connectivity index (χ2n) is 8.34. The van der Waals surface area contributed by atoms with E-state index in [9.17, 15) is 8.78 Å². The van der Waals surface area contributed by atoms with E-state index in [1.54, 1.807) is 6.07 Å². The fourth-order valence-electron chi connectivity index (χ4n) is 3.67. The van der Waals surface area contributed by atoms with Crippen LogP contribution in [0.25, 0.3) is 11.3 Å². The average Bonchev–Trinajstić information content (AvgIpc) is 3.25. The van der Waals surface area contributed by atoms with E-state index in [2.05, 4.69) is 42.4 Å². The Balaban J connectivity index is 0.00000289. The predicted molar refractivity (Wildman–Crippen MR) is 119 cm³/mol. The number of anilines is 2. The van der Waals surface area contributed by atoms with Crippen LogP contribution >= 0.6 is 0 Å². The summed E-state index contributed by atoms with van der Waals surface area (Å²) in [6, 6.07) is 19.6. The first-order valence-electron chi connectivity index (χ1n) is 10.2. The zero-order chi connectivity index (χ0) is 22.2. The fraction of sp³-hybridized carbons (Fsp3) is 0.280. The van der Waals surface area contributed by atoms with Gasteiger partial charge in [-0.15, -0.1) is 17.8 Å². The second kappa shape index (κ2) is 9.68. The van der Waals surface area contributed by atoms with Crippen molar-refractivity contribution in [2.24, 2.45) is 0 Å². The molecular weight excluding hydrogens is 589 g/mol. The Bertz CT molecular complexity index is 1070. The Hall–Kier alpha value is -2.30. The van der Waals surface area contributed by atoms with Gasteiger partial charge < -0.3 is 14.7 Å². The molecular formula is C25H25F2N4Pt-3. The molecule has 172 valence electrons. The summed E-state index contributed by atoms with van der Waals surface area (Å²) in [6.07, 6.45) is 0. The van der Waals surface area contributed by atoms with E-state index in [0.717, 1.165) is 42.3 Å². The van der Waals surface area contributed by atoms with Gasteiger partial charge in [-0.2, -0.15) is 37.0 Å². The molecule has 4 nitrogen and oxygen atoms in total. The summed E-state index contributed by atoms with van der Waals surface area (Å²) < 4.78 is 27.9. The Kier molecular flexibility index (Phi) is 7.36. The molecule has 0 amide bonds. The fourth-order valence-corrected chi connectivity index (χ4v) is 3.67. The van der Waals surface area contributed by atoms with Crippen LogP contribution in [0.15, 0.2) is 48.5 Å². The first-order valence-corrected chi connectivity index (χ1v) is 10.2. The molecule has 0 aliphatic carbocycles. The van der Waals surface area contributed by atoms with Crippen molar-refractivity contribution >= 4 is 11.4 Å². The van der Waals surface area contributed by atoms with Crippen molar-refractivity contribution in [3.05, 3.63) is 84.7 Å². The van der Waals surface area contributed by atoms with Crippen LogP contribution < -0.4 is 9.80 Å². The maximum Gasteiger partial charge on any atom is 0.0491 e. The van der Waals surface area contributed by atoms with Gasteiger partial charge in [-0.05, 0) is 38.7 Å². The molecule has 0 atom stereocenters. The maximum atomic E-state index is 14.5. The number of pyridine rings is 1. The van der Waals surface area contributed by atoms with Crippen molar-refractivity contribution in [3.8, 4) is 11.3 Å². The number of halogens is 2. The summed E-state index contributed by atoms with van der Waals surface area (Å²) >= 11 is 0. The number of nitrogens with zero attached hydrogens (tertiary/aromatic N) is 4. The summed E-state index contributed by atoms with van der Waals surface area (Å²) in [7, 11) is 3.85. The van der Waals surface area contributed by atoms with Crippen molar-refractivity contribution in [3.63, 3.8) is 0 Å². The van der Waals surface area contributed by atoms with Gasteiger partial charge >= 0.3 is 0 Å². The van der Waals surface area contributed by atoms with E-state index >= 15 is 0 Å². The molecule has 2 heterocycles. The van der Waals surface area contributed by atoms with E-state index < -0.39 is 17.2 Å². The normalized spacial score (nSPS) is 14.4. The third-order valence-electron chi connectivity index (χ3n) is 5.65. The summed E-state index contributed by atoms with van der Waals surface area (Å²) in [4.78, 5) is 11.1. The van der Waals surface area contributed by atoms with Gasteiger partial charge in [0, 0.05) is 63.7 Å². The van der Waals surface area contributed by atoms with E-state index in [0.29, 0.717) is 5.69 Å². The third kappa shape index (κ3) is 4.87. The first kappa shape index (κ1) is 24.3. The van der Waals surface area contributed by atoms with E-state index in [4.69, 9.17) is 4.98 Å². The molecule has 0 radical (unpaired) electrons. The minimum Gasteiger partial charge on any atom is -0.528 e. The SMILES string of the molecule is CN(C)c1cc(-c2[c-]cc(F)cc2F)nc(C(C)(C)N2[CH-]N(c3[c-]cccc3)CC2)c1.[Pt]. The van der Waals surface area contributed by atoms with Gasteiger partial charge in [0.2, 0.25) is 0 Å². The molecule has 32 heavy (non-hydrogen) atoms. The third-order valence-corrected chi connectivity index (χ3v) is 5.65. The molecule has 0 saturated carbocycles. The second-order valence-corrected chi connectivity index (χ2v) is 8.34. The predicted octanol–water partition coefficient (Wildman–Crippen LogP) is 4.87. The quantitative estimate of drug-likeness (QED) is 0.383. The molecule has 1 saturated heterocycles. The van der Waals surface area contributed by atoms with Crippen LogP contribution in [0.5, 0.6) is 0 Å². The summed E-state index contributed by atoms with van der Waals surface area (Å²) in [6.45, 7) is 7.93. The number of rotatable bonds is 5. The van der Waals surface area contributed by atoms with Crippen molar-refractivity contribution in [1.29, 1.82) is 0 Å². The van der Waals surface area contributed by atoms with Crippen molar-refractivity contribution in [2.45, 2.75) is 19.4 Å². The Labute approximate surface area is 203 Å². The minimum absolute atomic E-state index is 0. The number of benzene rings is 2. The molecule has 4 rings (SSSR count). The topological polar surface area (TPSA) is 22.6 Å². The number of para-hydroxylation sites is 1. The van der Waals surface area contributed by atoms with Crippen molar-refractivity contribution in [2.75, 3.05) is 37.0 Å². The molecule has 1 aliphatic heterocycles. The van der Waals surface area contributed by atoms with Crippen molar-refractivity contribution in [1.82, 2.24) is 9.88 Å². The van der Waals surface area contributed by atoms with Gasteiger partial charge in [0.15, 0.2) is 0 Å². The maximum absolute atomic E-state index is 14.5. The molecule has 2 aromatic carbocycles. The van der Waals surface area contributed by atoms with Crippen LogP contribution in [0.4, 0.5) is 20.2 Å². The van der Waals surface area contributed by atoms with Crippen LogP contribution in [0.1, 0.15) is 19.5 Å². The van der Waals surface area contributed by atoms with Gasteiger partial charge in [0.25, 0.3) is 0 Å². The van der Waals surface area contributed by atoms with E-state index in [1.807, 2.05) is 49.3 Å². The van der Waals surface area contributed by atoms with Crippen LogP contribution in [0.3, 0.4) is 0 Å². The molecule has 1 fully saturated rings. The van der Waals surface area contributed by atoms with Crippen LogP contribution in [0.2, 0.25) is 0 Å². The minimum atomic E-state index is -0.675. The Morgan fingerprint density at radius 3 is 2.53 bits per heavy atom. The van der Waals surface area contributed by atoms with Crippen LogP contribution in [-0.4, -0.2) is 37.1 Å². The van der Waals surface area contributed by atoms with Gasteiger partial charge in [0.05, 0.1) is 0 Å². The molecule has 7 heteroatoms. The van der Waals surface area contributed by atoms with Gasteiger partial charge in [-0.3, -0.25) is 13.8 Å². The molecule has 0 unspecified atom stereocenters. The monoisotopic (exact) mass is 614 g/mol. The molecule has 3 aromatic rings. The van der Waals surface area contributed by atoms with E-state index in [-0.39, 0.29) is 26.6 Å². The Morgan fingerprint density at radius 1 is 1.09 bits per heavy atom.